The van der Waals surface area contributed by atoms with Crippen molar-refractivity contribution in [1.29, 1.82) is 0 Å². The summed E-state index contributed by atoms with van der Waals surface area (Å²) in [7, 11) is 3.09. The van der Waals surface area contributed by atoms with Crippen molar-refractivity contribution in [3.05, 3.63) is 69.0 Å². The first kappa shape index (κ1) is 22.1. The van der Waals surface area contributed by atoms with Crippen LogP contribution in [0.25, 0.3) is 0 Å². The summed E-state index contributed by atoms with van der Waals surface area (Å²) in [5, 5.41) is 7.55. The second-order valence-corrected chi connectivity index (χ2v) is 8.86. The summed E-state index contributed by atoms with van der Waals surface area (Å²) in [6.45, 7) is 0. The van der Waals surface area contributed by atoms with Crippen LogP contribution in [0.2, 0.25) is 0 Å². The Bertz CT molecular complexity index is 1180. The number of benzene rings is 2. The van der Waals surface area contributed by atoms with Gasteiger partial charge in [0.15, 0.2) is 11.5 Å². The molecule has 32 heavy (non-hydrogen) atoms. The van der Waals surface area contributed by atoms with E-state index in [1.807, 2.05) is 30.3 Å². The lowest BCUT2D eigenvalue weighted by Crippen LogP contribution is -2.26. The van der Waals surface area contributed by atoms with Gasteiger partial charge in [0.05, 0.1) is 30.9 Å². The lowest BCUT2D eigenvalue weighted by molar-refractivity contribution is -0.128. The molecule has 2 aromatic carbocycles. The van der Waals surface area contributed by atoms with Gasteiger partial charge >= 0.3 is 0 Å². The fourth-order valence-electron chi connectivity index (χ4n) is 3.48. The summed E-state index contributed by atoms with van der Waals surface area (Å²) in [4.78, 5) is 36.5. The zero-order chi connectivity index (χ0) is 22.8. The third-order valence-corrected chi connectivity index (χ3v) is 6.29. The SMILES string of the molecule is COc1ccc(C2CC(c3cccc(Br)c3)=NN2C(=O)/C=C2\SC(=O)NC2=O)cc1OC. The molecule has 8 nitrogen and oxygen atoms in total. The van der Waals surface area contributed by atoms with Crippen LogP contribution in [0, 0.1) is 0 Å². The number of nitrogens with one attached hydrogen (secondary N) is 1. The molecule has 0 aliphatic carbocycles. The third-order valence-electron chi connectivity index (χ3n) is 4.98. The van der Waals surface area contributed by atoms with Gasteiger partial charge in [0, 0.05) is 17.0 Å². The van der Waals surface area contributed by atoms with Crippen molar-refractivity contribution in [2.45, 2.75) is 12.5 Å². The fraction of sp³-hybridized carbons (Fsp3) is 0.182. The Morgan fingerprint density at radius 1 is 1.19 bits per heavy atom. The van der Waals surface area contributed by atoms with Crippen LogP contribution in [0.15, 0.2) is 63.0 Å². The van der Waals surface area contributed by atoms with E-state index in [9.17, 15) is 14.4 Å². The predicted molar refractivity (Wildman–Crippen MR) is 124 cm³/mol. The smallest absolute Gasteiger partial charge is 0.290 e. The Kier molecular flexibility index (Phi) is 6.33. The molecule has 0 radical (unpaired) electrons. The Hall–Kier alpha value is -3.11. The number of carbonyl (C=O) groups is 3. The second kappa shape index (κ2) is 9.17. The highest BCUT2D eigenvalue weighted by atomic mass is 79.9. The molecule has 10 heteroatoms. The number of rotatable bonds is 5. The maximum Gasteiger partial charge on any atom is 0.290 e. The van der Waals surface area contributed by atoms with Gasteiger partial charge in [-0.3, -0.25) is 19.7 Å². The van der Waals surface area contributed by atoms with Crippen molar-refractivity contribution in [2.75, 3.05) is 14.2 Å². The Balaban J connectivity index is 1.73. The highest BCUT2D eigenvalue weighted by Gasteiger charge is 2.35. The molecule has 1 atom stereocenters. The van der Waals surface area contributed by atoms with Gasteiger partial charge < -0.3 is 9.47 Å². The number of hydrogen-bond donors (Lipinski definition) is 1. The van der Waals surface area contributed by atoms with Gasteiger partial charge in [0.25, 0.3) is 17.1 Å². The summed E-state index contributed by atoms with van der Waals surface area (Å²) >= 11 is 4.15. The van der Waals surface area contributed by atoms with Gasteiger partial charge in [0.1, 0.15) is 0 Å². The highest BCUT2D eigenvalue weighted by Crippen LogP contribution is 2.38. The zero-order valence-electron chi connectivity index (χ0n) is 17.1. The number of hydrazone groups is 1. The van der Waals surface area contributed by atoms with E-state index in [0.717, 1.165) is 27.4 Å². The van der Waals surface area contributed by atoms with E-state index in [1.54, 1.807) is 26.4 Å². The first-order valence-corrected chi connectivity index (χ1v) is 11.1. The number of methoxy groups -OCH3 is 2. The number of ether oxygens (including phenoxy) is 2. The van der Waals surface area contributed by atoms with E-state index in [-0.39, 0.29) is 4.91 Å². The fourth-order valence-corrected chi connectivity index (χ4v) is 4.52. The van der Waals surface area contributed by atoms with Crippen molar-refractivity contribution in [3.8, 4) is 11.5 Å². The predicted octanol–water partition coefficient (Wildman–Crippen LogP) is 4.01. The normalized spacial score (nSPS) is 19.2. The summed E-state index contributed by atoms with van der Waals surface area (Å²) in [5.41, 5.74) is 2.39. The molecule has 1 fully saturated rings. The summed E-state index contributed by atoms with van der Waals surface area (Å²) in [6, 6.07) is 12.6. The largest absolute Gasteiger partial charge is 0.493 e. The molecule has 3 amide bonds. The van der Waals surface area contributed by atoms with E-state index < -0.39 is 23.1 Å². The lowest BCUT2D eigenvalue weighted by atomic mass is 9.98. The van der Waals surface area contributed by atoms with E-state index in [0.29, 0.717) is 29.7 Å². The molecule has 2 aliphatic rings. The van der Waals surface area contributed by atoms with Crippen LogP contribution in [-0.2, 0) is 9.59 Å². The summed E-state index contributed by atoms with van der Waals surface area (Å²) in [6.07, 6.45) is 1.60. The second-order valence-electron chi connectivity index (χ2n) is 6.93. The van der Waals surface area contributed by atoms with Gasteiger partial charge in [0.2, 0.25) is 0 Å². The average molecular weight is 516 g/mol. The highest BCUT2D eigenvalue weighted by molar-refractivity contribution is 9.10. The first-order chi connectivity index (χ1) is 15.4. The Morgan fingerprint density at radius 2 is 1.97 bits per heavy atom. The number of carbonyl (C=O) groups excluding carboxylic acids is 3. The molecule has 0 aromatic heterocycles. The minimum absolute atomic E-state index is 0.0390. The van der Waals surface area contributed by atoms with Gasteiger partial charge in [-0.25, -0.2) is 5.01 Å². The number of imide groups is 1. The van der Waals surface area contributed by atoms with Crippen molar-refractivity contribution in [2.24, 2.45) is 5.10 Å². The summed E-state index contributed by atoms with van der Waals surface area (Å²) in [5.74, 6) is 0.0106. The molecule has 2 heterocycles. The van der Waals surface area contributed by atoms with Crippen LogP contribution in [0.5, 0.6) is 11.5 Å². The van der Waals surface area contributed by atoms with Crippen LogP contribution >= 0.6 is 27.7 Å². The minimum atomic E-state index is -0.591. The lowest BCUT2D eigenvalue weighted by Gasteiger charge is -2.22. The first-order valence-electron chi connectivity index (χ1n) is 9.53. The number of hydrogen-bond acceptors (Lipinski definition) is 7. The number of halogens is 1. The molecule has 0 spiro atoms. The molecule has 2 aliphatic heterocycles. The molecular weight excluding hydrogens is 498 g/mol. The molecular formula is C22H18BrN3O5S. The van der Waals surface area contributed by atoms with Crippen LogP contribution < -0.4 is 14.8 Å². The molecule has 1 N–H and O–H groups in total. The van der Waals surface area contributed by atoms with Crippen LogP contribution in [0.1, 0.15) is 23.6 Å². The quantitative estimate of drug-likeness (QED) is 0.604. The van der Waals surface area contributed by atoms with Crippen LogP contribution in [0.4, 0.5) is 4.79 Å². The van der Waals surface area contributed by atoms with Crippen LogP contribution in [-0.4, -0.2) is 42.0 Å². The molecule has 164 valence electrons. The molecule has 2 aromatic rings. The van der Waals surface area contributed by atoms with E-state index in [2.05, 4.69) is 26.3 Å². The van der Waals surface area contributed by atoms with Crippen molar-refractivity contribution >= 4 is 50.5 Å². The van der Waals surface area contributed by atoms with E-state index in [1.165, 1.54) is 5.01 Å². The summed E-state index contributed by atoms with van der Waals surface area (Å²) < 4.78 is 11.6. The van der Waals surface area contributed by atoms with Crippen molar-refractivity contribution in [1.82, 2.24) is 10.3 Å². The topological polar surface area (TPSA) is 97.3 Å². The number of nitrogens with zero attached hydrogens (tertiary/aromatic N) is 2. The van der Waals surface area contributed by atoms with Gasteiger partial charge in [-0.1, -0.05) is 34.1 Å². The van der Waals surface area contributed by atoms with Gasteiger partial charge in [-0.15, -0.1) is 0 Å². The number of thioether (sulfide) groups is 1. The van der Waals surface area contributed by atoms with Gasteiger partial charge in [-0.05, 0) is 47.2 Å². The monoisotopic (exact) mass is 515 g/mol. The molecule has 1 unspecified atom stereocenters. The minimum Gasteiger partial charge on any atom is -0.493 e. The van der Waals surface area contributed by atoms with E-state index in [4.69, 9.17) is 9.47 Å². The molecule has 1 saturated heterocycles. The maximum absolute atomic E-state index is 13.1. The molecule has 0 bridgehead atoms. The zero-order valence-corrected chi connectivity index (χ0v) is 19.5. The number of amides is 3. The van der Waals surface area contributed by atoms with Crippen molar-refractivity contribution < 1.29 is 23.9 Å². The Morgan fingerprint density at radius 3 is 2.62 bits per heavy atom. The molecule has 4 rings (SSSR count). The average Bonchev–Trinajstić information content (AvgIpc) is 3.36. The third kappa shape index (κ3) is 4.42. The standard InChI is InChI=1S/C22H18BrN3O5S/c1-30-17-7-6-13(9-18(17)31-2)16-10-15(12-4-3-5-14(23)8-12)25-26(16)20(27)11-19-21(28)24-22(29)32-19/h3-9,11,16H,10H2,1-2H3,(H,24,28,29)/b19-11-. The Labute approximate surface area is 196 Å². The van der Waals surface area contributed by atoms with E-state index >= 15 is 0 Å². The van der Waals surface area contributed by atoms with Crippen LogP contribution in [0.3, 0.4) is 0 Å². The maximum atomic E-state index is 13.1. The molecule has 0 saturated carbocycles. The van der Waals surface area contributed by atoms with Gasteiger partial charge in [-0.2, -0.15) is 5.10 Å². The van der Waals surface area contributed by atoms with Crippen molar-refractivity contribution in [3.63, 3.8) is 0 Å².